The summed E-state index contributed by atoms with van der Waals surface area (Å²) >= 11 is 0. The van der Waals surface area contributed by atoms with Crippen molar-refractivity contribution in [1.29, 1.82) is 0 Å². The molecule has 2 unspecified atom stereocenters. The fourth-order valence-electron chi connectivity index (χ4n) is 10.4. The molecule has 1 aromatic rings. The van der Waals surface area contributed by atoms with Crippen LogP contribution in [0.3, 0.4) is 0 Å². The van der Waals surface area contributed by atoms with Crippen molar-refractivity contribution in [3.8, 4) is 0 Å². The van der Waals surface area contributed by atoms with Crippen LogP contribution < -0.4 is 5.63 Å². The van der Waals surface area contributed by atoms with E-state index in [1.807, 2.05) is 0 Å². The summed E-state index contributed by atoms with van der Waals surface area (Å²) in [4.78, 5) is 24.4. The summed E-state index contributed by atoms with van der Waals surface area (Å²) in [6.45, 7) is 2.17. The number of unbranched alkanes of at least 4 members (excludes halogenated alkanes) is 7. The van der Waals surface area contributed by atoms with E-state index in [2.05, 4.69) is 19.1 Å². The van der Waals surface area contributed by atoms with Gasteiger partial charge in [-0.3, -0.25) is 4.79 Å². The highest BCUT2D eigenvalue weighted by Crippen LogP contribution is 2.70. The number of esters is 1. The summed E-state index contributed by atoms with van der Waals surface area (Å²) in [5.74, 6) is -1.46. The van der Waals surface area contributed by atoms with Crippen LogP contribution in [-0.2, 0) is 9.53 Å². The third kappa shape index (κ3) is 7.16. The fraction of sp³-hybridized carbons (Fsp3) is 0.789. The molecular weight excluding hydrogens is 600 g/mol. The number of rotatable bonds is 15. The highest BCUT2D eigenvalue weighted by atomic mass is 16.5. The van der Waals surface area contributed by atoms with E-state index in [-0.39, 0.29) is 56.2 Å². The Kier molecular flexibility index (Phi) is 11.8. The normalized spacial score (nSPS) is 38.1. The quantitative estimate of drug-likeness (QED) is 0.0958. The maximum atomic E-state index is 12.7. The number of carbonyl (C=O) groups is 1. The Morgan fingerprint density at radius 1 is 0.894 bits per heavy atom. The lowest BCUT2D eigenvalue weighted by Gasteiger charge is -2.66. The van der Waals surface area contributed by atoms with E-state index in [4.69, 9.17) is 14.3 Å². The first-order valence-corrected chi connectivity index (χ1v) is 18.3. The summed E-state index contributed by atoms with van der Waals surface area (Å²) in [7, 11) is 0. The molecule has 264 valence electrons. The van der Waals surface area contributed by atoms with Gasteiger partial charge in [-0.2, -0.15) is 0 Å². The smallest absolute Gasteiger partial charge is 0.335 e. The number of aliphatic hydroxyl groups is 5. The Morgan fingerprint density at radius 2 is 1.60 bits per heavy atom. The van der Waals surface area contributed by atoms with Crippen LogP contribution >= 0.6 is 0 Å². The van der Waals surface area contributed by atoms with Gasteiger partial charge in [0.05, 0.1) is 23.1 Å². The zero-order chi connectivity index (χ0) is 33.7. The molecule has 9 heteroatoms. The average Bonchev–Trinajstić information content (AvgIpc) is 3.32. The third-order valence-corrected chi connectivity index (χ3v) is 12.8. The molecule has 47 heavy (non-hydrogen) atoms. The number of hydrogen-bond acceptors (Lipinski definition) is 9. The van der Waals surface area contributed by atoms with Gasteiger partial charge < -0.3 is 34.7 Å². The number of allylic oxidation sites excluding steroid dienone is 2. The second-order valence-electron chi connectivity index (χ2n) is 15.4. The van der Waals surface area contributed by atoms with Gasteiger partial charge in [-0.15, -0.1) is 0 Å². The molecule has 0 spiro atoms. The molecular formula is C38H58O9. The van der Waals surface area contributed by atoms with Gasteiger partial charge in [0.15, 0.2) is 0 Å². The first-order valence-electron chi connectivity index (χ1n) is 18.3. The third-order valence-electron chi connectivity index (χ3n) is 12.8. The lowest BCUT2D eigenvalue weighted by Crippen LogP contribution is -2.73. The van der Waals surface area contributed by atoms with Gasteiger partial charge in [0.1, 0.15) is 6.10 Å². The number of ether oxygens (including phenoxy) is 1. The maximum Gasteiger partial charge on any atom is 0.335 e. The predicted octanol–water partition coefficient (Wildman–Crippen LogP) is 5.30. The van der Waals surface area contributed by atoms with Crippen molar-refractivity contribution in [2.24, 2.45) is 23.2 Å². The van der Waals surface area contributed by atoms with Crippen molar-refractivity contribution >= 4 is 5.97 Å². The number of carbonyl (C=O) groups excluding carboxylic acids is 1. The number of aliphatic hydroxyl groups excluding tert-OH is 2. The zero-order valence-electron chi connectivity index (χ0n) is 28.3. The molecule has 0 radical (unpaired) electrons. The highest BCUT2D eigenvalue weighted by molar-refractivity contribution is 5.69. The summed E-state index contributed by atoms with van der Waals surface area (Å²) in [5, 5.41) is 56.5. The molecule has 9 atom stereocenters. The molecule has 0 bridgehead atoms. The molecule has 0 aromatic carbocycles. The Morgan fingerprint density at radius 3 is 2.28 bits per heavy atom. The molecule has 4 saturated carbocycles. The Balaban J connectivity index is 1.14. The predicted molar refractivity (Wildman–Crippen MR) is 177 cm³/mol. The van der Waals surface area contributed by atoms with Gasteiger partial charge in [0.25, 0.3) is 0 Å². The van der Waals surface area contributed by atoms with Crippen LogP contribution in [-0.4, -0.2) is 67.6 Å². The van der Waals surface area contributed by atoms with E-state index >= 15 is 0 Å². The van der Waals surface area contributed by atoms with Crippen LogP contribution in [0.25, 0.3) is 0 Å². The van der Waals surface area contributed by atoms with Crippen molar-refractivity contribution in [3.05, 3.63) is 46.5 Å². The minimum Gasteiger partial charge on any atom is -0.462 e. The van der Waals surface area contributed by atoms with Gasteiger partial charge in [0, 0.05) is 43.5 Å². The first kappa shape index (κ1) is 36.2. The van der Waals surface area contributed by atoms with Gasteiger partial charge >= 0.3 is 11.6 Å². The van der Waals surface area contributed by atoms with Crippen molar-refractivity contribution < 1.29 is 39.5 Å². The Bertz CT molecular complexity index is 1260. The van der Waals surface area contributed by atoms with E-state index in [0.29, 0.717) is 38.5 Å². The van der Waals surface area contributed by atoms with Crippen LogP contribution in [0.4, 0.5) is 0 Å². The summed E-state index contributed by atoms with van der Waals surface area (Å²) in [5.41, 5.74) is -4.25. The molecule has 5 rings (SSSR count). The topological polar surface area (TPSA) is 158 Å². The van der Waals surface area contributed by atoms with Crippen LogP contribution in [0.1, 0.15) is 134 Å². The average molecular weight is 659 g/mol. The molecule has 0 amide bonds. The summed E-state index contributed by atoms with van der Waals surface area (Å²) < 4.78 is 11.0. The number of hydrogen-bond donors (Lipinski definition) is 5. The van der Waals surface area contributed by atoms with Crippen LogP contribution in [0.5, 0.6) is 0 Å². The van der Waals surface area contributed by atoms with Crippen molar-refractivity contribution in [1.82, 2.24) is 0 Å². The molecule has 5 N–H and O–H groups in total. The number of fused-ring (bicyclic) bond motifs is 5. The lowest BCUT2D eigenvalue weighted by molar-refractivity contribution is -0.303. The summed E-state index contributed by atoms with van der Waals surface area (Å²) in [6.07, 6.45) is 18.2. The summed E-state index contributed by atoms with van der Waals surface area (Å²) in [6, 6.07) is 3.18. The second-order valence-corrected chi connectivity index (χ2v) is 15.4. The van der Waals surface area contributed by atoms with Crippen molar-refractivity contribution in [3.63, 3.8) is 0 Å². The van der Waals surface area contributed by atoms with Crippen LogP contribution in [0, 0.1) is 23.2 Å². The fourth-order valence-corrected chi connectivity index (χ4v) is 10.4. The van der Waals surface area contributed by atoms with E-state index in [9.17, 15) is 30.0 Å². The monoisotopic (exact) mass is 658 g/mol. The van der Waals surface area contributed by atoms with E-state index < -0.39 is 39.9 Å². The first-order chi connectivity index (χ1) is 22.5. The maximum absolute atomic E-state index is 12.7. The van der Waals surface area contributed by atoms with Crippen LogP contribution in [0.15, 0.2) is 39.8 Å². The SMILES string of the molecule is C[C@]12C[C@@H](CO)C3C(CC[C@]4(O)C[C@@H](OC(=O)CCCCC/C=C/CCCCCCO)CC[C@]34O)[C@@]1(O)CC[C@@H]2c1ccc(=O)oc1. The van der Waals surface area contributed by atoms with Gasteiger partial charge in [-0.05, 0) is 113 Å². The molecule has 1 heterocycles. The minimum absolute atomic E-state index is 0.0629. The molecule has 4 aliphatic rings. The Hall–Kier alpha value is -2.04. The minimum atomic E-state index is -1.51. The van der Waals surface area contributed by atoms with Crippen LogP contribution in [0.2, 0.25) is 0 Å². The van der Waals surface area contributed by atoms with Crippen molar-refractivity contribution in [2.75, 3.05) is 13.2 Å². The molecule has 1 aromatic heterocycles. The van der Waals surface area contributed by atoms with E-state index in [1.165, 1.54) is 12.3 Å². The molecule has 0 aliphatic heterocycles. The van der Waals surface area contributed by atoms with Gasteiger partial charge in [-0.25, -0.2) is 4.79 Å². The van der Waals surface area contributed by atoms with Gasteiger partial charge in [0.2, 0.25) is 0 Å². The molecule has 4 aliphatic carbocycles. The molecule has 0 saturated heterocycles. The van der Waals surface area contributed by atoms with E-state index in [1.54, 1.807) is 6.07 Å². The van der Waals surface area contributed by atoms with Gasteiger partial charge in [-0.1, -0.05) is 38.3 Å². The molecule has 9 nitrogen and oxygen atoms in total. The molecule has 4 fully saturated rings. The lowest BCUT2D eigenvalue weighted by atomic mass is 9.42. The van der Waals surface area contributed by atoms with E-state index in [0.717, 1.165) is 63.4 Å². The zero-order valence-corrected chi connectivity index (χ0v) is 28.3. The highest BCUT2D eigenvalue weighted by Gasteiger charge is 2.73. The largest absolute Gasteiger partial charge is 0.462 e. The second kappa shape index (κ2) is 15.2. The van der Waals surface area contributed by atoms with Crippen molar-refractivity contribution in [2.45, 2.75) is 151 Å². The standard InChI is InChI=1S/C38H58O9/c1-35-23-28(25-40)34-31(37(35,44)21-18-30(35)27-14-15-32(41)46-26-27)17-19-36(43)24-29(16-20-38(34,36)45)47-33(42)13-11-9-7-5-3-2-4-6-8-10-12-22-39/h2-3,14-15,26,28-31,34,39-40,43-45H,4-13,16-25H2,1H3/b3-2+/t28-,29-,30+,31?,34?,35+,36-,37-,38-/m0/s1. The Labute approximate surface area is 279 Å².